The fraction of sp³-hybridized carbons (Fsp3) is 0.154. The maximum atomic E-state index is 12.8. The highest BCUT2D eigenvalue weighted by Gasteiger charge is 1.98. The van der Waals surface area contributed by atoms with Crippen LogP contribution in [0.2, 0.25) is 0 Å². The summed E-state index contributed by atoms with van der Waals surface area (Å²) in [4.78, 5) is 3.71. The standard InChI is InChI=1S/C13H12FNO/c1-10-2-4-11(5-3-10)9-16-13-6-12(14)7-15-8-13/h2-8H,9H2,1H3. The molecule has 0 N–H and O–H groups in total. The van der Waals surface area contributed by atoms with Crippen LogP contribution in [-0.4, -0.2) is 4.98 Å². The monoisotopic (exact) mass is 217 g/mol. The average Bonchev–Trinajstić information content (AvgIpc) is 2.28. The molecule has 2 nitrogen and oxygen atoms in total. The zero-order valence-corrected chi connectivity index (χ0v) is 8.98. The van der Waals surface area contributed by atoms with Crippen LogP contribution in [0.4, 0.5) is 4.39 Å². The summed E-state index contributed by atoms with van der Waals surface area (Å²) >= 11 is 0. The van der Waals surface area contributed by atoms with Crippen molar-refractivity contribution in [3.63, 3.8) is 0 Å². The Morgan fingerprint density at radius 2 is 1.94 bits per heavy atom. The predicted molar refractivity (Wildman–Crippen MR) is 59.7 cm³/mol. The molecule has 0 aliphatic rings. The first-order valence-corrected chi connectivity index (χ1v) is 5.03. The molecule has 1 aromatic carbocycles. The van der Waals surface area contributed by atoms with Crippen LogP contribution in [0.3, 0.4) is 0 Å². The number of hydrogen-bond acceptors (Lipinski definition) is 2. The van der Waals surface area contributed by atoms with Crippen molar-refractivity contribution in [3.05, 3.63) is 59.7 Å². The van der Waals surface area contributed by atoms with Crippen molar-refractivity contribution in [2.24, 2.45) is 0 Å². The zero-order chi connectivity index (χ0) is 11.4. The molecule has 82 valence electrons. The van der Waals surface area contributed by atoms with Crippen LogP contribution in [0.15, 0.2) is 42.7 Å². The molecule has 0 saturated carbocycles. The van der Waals surface area contributed by atoms with Crippen LogP contribution >= 0.6 is 0 Å². The van der Waals surface area contributed by atoms with E-state index in [1.54, 1.807) is 0 Å². The maximum Gasteiger partial charge on any atom is 0.145 e. The van der Waals surface area contributed by atoms with Gasteiger partial charge in [-0.25, -0.2) is 4.39 Å². The fourth-order valence-corrected chi connectivity index (χ4v) is 1.32. The SMILES string of the molecule is Cc1ccc(COc2cncc(F)c2)cc1. The van der Waals surface area contributed by atoms with E-state index in [2.05, 4.69) is 4.98 Å². The third-order valence-electron chi connectivity index (χ3n) is 2.21. The highest BCUT2D eigenvalue weighted by molar-refractivity contribution is 5.22. The van der Waals surface area contributed by atoms with Crippen molar-refractivity contribution in [1.82, 2.24) is 4.98 Å². The summed E-state index contributed by atoms with van der Waals surface area (Å²) in [5.74, 6) is 0.0574. The van der Waals surface area contributed by atoms with E-state index in [9.17, 15) is 4.39 Å². The molecular formula is C13H12FNO. The molecule has 0 fully saturated rings. The quantitative estimate of drug-likeness (QED) is 0.788. The molecular weight excluding hydrogens is 205 g/mol. The second kappa shape index (κ2) is 4.75. The zero-order valence-electron chi connectivity index (χ0n) is 8.98. The summed E-state index contributed by atoms with van der Waals surface area (Å²) in [5.41, 5.74) is 2.26. The predicted octanol–water partition coefficient (Wildman–Crippen LogP) is 3.11. The van der Waals surface area contributed by atoms with Gasteiger partial charge in [0.2, 0.25) is 0 Å². The van der Waals surface area contributed by atoms with E-state index in [1.165, 1.54) is 17.8 Å². The van der Waals surface area contributed by atoms with Gasteiger partial charge >= 0.3 is 0 Å². The summed E-state index contributed by atoms with van der Waals surface area (Å²) in [6.45, 7) is 2.45. The molecule has 0 aliphatic heterocycles. The second-order valence-corrected chi connectivity index (χ2v) is 3.61. The minimum absolute atomic E-state index is 0.388. The molecule has 0 spiro atoms. The van der Waals surface area contributed by atoms with Crippen molar-refractivity contribution < 1.29 is 9.13 Å². The lowest BCUT2D eigenvalue weighted by atomic mass is 10.2. The molecule has 0 radical (unpaired) electrons. The molecule has 2 aromatic rings. The number of aryl methyl sites for hydroxylation is 1. The van der Waals surface area contributed by atoms with E-state index in [0.717, 1.165) is 11.8 Å². The molecule has 0 atom stereocenters. The van der Waals surface area contributed by atoms with E-state index >= 15 is 0 Å². The number of aromatic nitrogens is 1. The van der Waals surface area contributed by atoms with Gasteiger partial charge < -0.3 is 4.74 Å². The molecule has 2 rings (SSSR count). The van der Waals surface area contributed by atoms with Gasteiger partial charge in [0.15, 0.2) is 0 Å². The largest absolute Gasteiger partial charge is 0.487 e. The van der Waals surface area contributed by atoms with Crippen LogP contribution in [0.1, 0.15) is 11.1 Å². The third-order valence-corrected chi connectivity index (χ3v) is 2.21. The lowest BCUT2D eigenvalue weighted by Crippen LogP contribution is -1.96. The highest BCUT2D eigenvalue weighted by Crippen LogP contribution is 2.12. The molecule has 0 unspecified atom stereocenters. The van der Waals surface area contributed by atoms with Gasteiger partial charge in [-0.05, 0) is 12.5 Å². The highest BCUT2D eigenvalue weighted by atomic mass is 19.1. The fourth-order valence-electron chi connectivity index (χ4n) is 1.32. The van der Waals surface area contributed by atoms with E-state index in [0.29, 0.717) is 12.4 Å². The Morgan fingerprint density at radius 3 is 2.62 bits per heavy atom. The van der Waals surface area contributed by atoms with Gasteiger partial charge in [-0.2, -0.15) is 0 Å². The van der Waals surface area contributed by atoms with Crippen molar-refractivity contribution in [1.29, 1.82) is 0 Å². The molecule has 1 heterocycles. The topological polar surface area (TPSA) is 22.1 Å². The first-order chi connectivity index (χ1) is 7.74. The Morgan fingerprint density at radius 1 is 1.19 bits per heavy atom. The maximum absolute atomic E-state index is 12.8. The van der Waals surface area contributed by atoms with E-state index in [4.69, 9.17) is 4.74 Å². The van der Waals surface area contributed by atoms with Gasteiger partial charge in [0.05, 0.1) is 12.4 Å². The number of hydrogen-bond donors (Lipinski definition) is 0. The number of nitrogens with zero attached hydrogens (tertiary/aromatic N) is 1. The Bertz CT molecular complexity index is 468. The molecule has 0 saturated heterocycles. The van der Waals surface area contributed by atoms with Gasteiger partial charge in [0.25, 0.3) is 0 Å². The molecule has 0 aliphatic carbocycles. The van der Waals surface area contributed by atoms with Gasteiger partial charge in [-0.1, -0.05) is 29.8 Å². The van der Waals surface area contributed by atoms with Crippen molar-refractivity contribution in [3.8, 4) is 5.75 Å². The third kappa shape index (κ3) is 2.79. The minimum Gasteiger partial charge on any atom is -0.487 e. The first kappa shape index (κ1) is 10.6. The van der Waals surface area contributed by atoms with Gasteiger partial charge in [-0.15, -0.1) is 0 Å². The van der Waals surface area contributed by atoms with Crippen LogP contribution in [0.25, 0.3) is 0 Å². The molecule has 3 heteroatoms. The van der Waals surface area contributed by atoms with E-state index < -0.39 is 0 Å². The van der Waals surface area contributed by atoms with Crippen molar-refractivity contribution >= 4 is 0 Å². The average molecular weight is 217 g/mol. The Hall–Kier alpha value is -1.90. The number of pyridine rings is 1. The smallest absolute Gasteiger partial charge is 0.145 e. The van der Waals surface area contributed by atoms with E-state index in [-0.39, 0.29) is 5.82 Å². The van der Waals surface area contributed by atoms with Crippen LogP contribution in [0.5, 0.6) is 5.75 Å². The molecule has 16 heavy (non-hydrogen) atoms. The number of ether oxygens (including phenoxy) is 1. The lowest BCUT2D eigenvalue weighted by Gasteiger charge is -2.05. The molecule has 0 amide bonds. The van der Waals surface area contributed by atoms with Crippen molar-refractivity contribution in [2.75, 3.05) is 0 Å². The summed E-state index contributed by atoms with van der Waals surface area (Å²) in [6.07, 6.45) is 2.65. The van der Waals surface area contributed by atoms with Crippen LogP contribution < -0.4 is 4.74 Å². The van der Waals surface area contributed by atoms with Crippen LogP contribution in [0, 0.1) is 12.7 Å². The Labute approximate surface area is 93.7 Å². The number of benzene rings is 1. The second-order valence-electron chi connectivity index (χ2n) is 3.61. The summed E-state index contributed by atoms with van der Waals surface area (Å²) in [6, 6.07) is 9.33. The van der Waals surface area contributed by atoms with Crippen molar-refractivity contribution in [2.45, 2.75) is 13.5 Å². The van der Waals surface area contributed by atoms with Gasteiger partial charge in [0, 0.05) is 6.07 Å². The minimum atomic E-state index is -0.388. The normalized spacial score (nSPS) is 10.1. The summed E-state index contributed by atoms with van der Waals surface area (Å²) < 4.78 is 18.2. The summed E-state index contributed by atoms with van der Waals surface area (Å²) in [7, 11) is 0. The lowest BCUT2D eigenvalue weighted by molar-refractivity contribution is 0.303. The number of halogens is 1. The first-order valence-electron chi connectivity index (χ1n) is 5.03. The van der Waals surface area contributed by atoms with Crippen LogP contribution in [-0.2, 0) is 6.61 Å². The Balaban J connectivity index is 1.99. The van der Waals surface area contributed by atoms with E-state index in [1.807, 2.05) is 31.2 Å². The van der Waals surface area contributed by atoms with Gasteiger partial charge in [0.1, 0.15) is 18.2 Å². The Kier molecular flexibility index (Phi) is 3.15. The summed E-state index contributed by atoms with van der Waals surface area (Å²) in [5, 5.41) is 0. The molecule has 1 aromatic heterocycles. The van der Waals surface area contributed by atoms with Gasteiger partial charge in [-0.3, -0.25) is 4.98 Å². The molecule has 0 bridgehead atoms. The number of rotatable bonds is 3.